The summed E-state index contributed by atoms with van der Waals surface area (Å²) in [5.74, 6) is -0.000851. The van der Waals surface area contributed by atoms with Gasteiger partial charge in [-0.15, -0.1) is 0 Å². The average Bonchev–Trinajstić information content (AvgIpc) is 3.00. The third-order valence-corrected chi connectivity index (χ3v) is 9.17. The van der Waals surface area contributed by atoms with E-state index in [0.29, 0.717) is 19.4 Å². The van der Waals surface area contributed by atoms with Gasteiger partial charge < -0.3 is 14.9 Å². The van der Waals surface area contributed by atoms with Gasteiger partial charge in [-0.25, -0.2) is 0 Å². The van der Waals surface area contributed by atoms with Crippen molar-refractivity contribution in [3.63, 3.8) is 0 Å². The fraction of sp³-hybridized carbons (Fsp3) is 0.949. The lowest BCUT2D eigenvalue weighted by Gasteiger charge is -2.26. The molecule has 0 aromatic carbocycles. The summed E-state index contributed by atoms with van der Waals surface area (Å²) in [6.45, 7) is 6.20. The van der Waals surface area contributed by atoms with Crippen LogP contribution in [-0.2, 0) is 9.59 Å². The fourth-order valence-corrected chi connectivity index (χ4v) is 6.14. The van der Waals surface area contributed by atoms with E-state index < -0.39 is 6.10 Å². The molecule has 0 aliphatic heterocycles. The molecule has 0 aliphatic carbocycles. The van der Waals surface area contributed by atoms with E-state index in [1.54, 1.807) is 4.90 Å². The zero-order chi connectivity index (χ0) is 32.5. The van der Waals surface area contributed by atoms with Gasteiger partial charge in [0.05, 0.1) is 6.54 Å². The Balaban J connectivity index is 4.07. The quantitative estimate of drug-likeness (QED) is 0.0714. The summed E-state index contributed by atoms with van der Waals surface area (Å²) in [6.07, 6.45) is 34.1. The average molecular weight is 623 g/mol. The molecule has 1 amide bonds. The number of carbonyl (C=O) groups excluding carboxylic acids is 2. The van der Waals surface area contributed by atoms with Crippen molar-refractivity contribution in [3.8, 4) is 0 Å². The Labute approximate surface area is 275 Å². The summed E-state index contributed by atoms with van der Waals surface area (Å²) >= 11 is 0. The molecule has 1 N–H and O–H groups in total. The van der Waals surface area contributed by atoms with Crippen molar-refractivity contribution in [3.05, 3.63) is 0 Å². The Hall–Kier alpha value is -0.940. The Morgan fingerprint density at radius 2 is 0.818 bits per heavy atom. The third-order valence-electron chi connectivity index (χ3n) is 9.17. The maximum absolute atomic E-state index is 13.1. The Bertz CT molecular complexity index is 624. The predicted molar refractivity (Wildman–Crippen MR) is 191 cm³/mol. The van der Waals surface area contributed by atoms with E-state index in [-0.39, 0.29) is 18.2 Å². The monoisotopic (exact) mass is 623 g/mol. The molecule has 0 spiro atoms. The second-order valence-electron chi connectivity index (χ2n) is 14.0. The molecule has 1 atom stereocenters. The van der Waals surface area contributed by atoms with E-state index in [9.17, 15) is 14.7 Å². The smallest absolute Gasteiger partial charge is 0.222 e. The van der Waals surface area contributed by atoms with Crippen molar-refractivity contribution < 1.29 is 14.7 Å². The van der Waals surface area contributed by atoms with Crippen molar-refractivity contribution >= 4 is 11.7 Å². The summed E-state index contributed by atoms with van der Waals surface area (Å²) in [6, 6.07) is 0. The summed E-state index contributed by atoms with van der Waals surface area (Å²) < 4.78 is 0. The Morgan fingerprint density at radius 3 is 1.18 bits per heavy atom. The number of hydrogen-bond donors (Lipinski definition) is 1. The van der Waals surface area contributed by atoms with Gasteiger partial charge in [-0.05, 0) is 39.9 Å². The molecule has 0 saturated carbocycles. The molecule has 0 rings (SSSR count). The number of nitrogens with zero attached hydrogens (tertiary/aromatic N) is 2. The summed E-state index contributed by atoms with van der Waals surface area (Å²) in [5, 5.41) is 10.7. The first kappa shape index (κ1) is 43.1. The van der Waals surface area contributed by atoms with Gasteiger partial charge in [0.1, 0.15) is 6.10 Å². The molecular weight excluding hydrogens is 544 g/mol. The lowest BCUT2D eigenvalue weighted by atomic mass is 10.0. The second kappa shape index (κ2) is 33.4. The van der Waals surface area contributed by atoms with Gasteiger partial charge in [0.15, 0.2) is 5.78 Å². The highest BCUT2D eigenvalue weighted by Gasteiger charge is 2.22. The number of hydrogen-bond acceptors (Lipinski definition) is 4. The molecule has 0 bridgehead atoms. The van der Waals surface area contributed by atoms with Crippen LogP contribution in [0.4, 0.5) is 0 Å². The van der Waals surface area contributed by atoms with Crippen LogP contribution in [0.1, 0.15) is 200 Å². The molecule has 0 aromatic heterocycles. The number of carbonyl (C=O) groups is 2. The predicted octanol–water partition coefficient (Wildman–Crippen LogP) is 10.7. The van der Waals surface area contributed by atoms with Crippen LogP contribution < -0.4 is 0 Å². The maximum Gasteiger partial charge on any atom is 0.222 e. The van der Waals surface area contributed by atoms with Gasteiger partial charge >= 0.3 is 0 Å². The van der Waals surface area contributed by atoms with Crippen molar-refractivity contribution in [1.82, 2.24) is 9.80 Å². The topological polar surface area (TPSA) is 60.9 Å². The SMILES string of the molecule is CCCCCCCCCCCCCCCC(=O)C(O)CN(CCCN(C)C)C(=O)CCCCCCCCCCCCCCC. The van der Waals surface area contributed by atoms with E-state index in [1.165, 1.54) is 141 Å². The van der Waals surface area contributed by atoms with E-state index in [2.05, 4.69) is 18.7 Å². The summed E-state index contributed by atoms with van der Waals surface area (Å²) in [7, 11) is 4.07. The van der Waals surface area contributed by atoms with Crippen LogP contribution in [0.25, 0.3) is 0 Å². The van der Waals surface area contributed by atoms with Crippen LogP contribution in [0.2, 0.25) is 0 Å². The number of unbranched alkanes of at least 4 members (excludes halogenated alkanes) is 24. The van der Waals surface area contributed by atoms with Crippen molar-refractivity contribution in [2.75, 3.05) is 33.7 Å². The van der Waals surface area contributed by atoms with Gasteiger partial charge in [-0.1, -0.05) is 168 Å². The van der Waals surface area contributed by atoms with E-state index in [4.69, 9.17) is 0 Å². The minimum atomic E-state index is -1.05. The van der Waals surface area contributed by atoms with Gasteiger partial charge in [-0.2, -0.15) is 0 Å². The second-order valence-corrected chi connectivity index (χ2v) is 14.0. The van der Waals surface area contributed by atoms with Gasteiger partial charge in [0, 0.05) is 19.4 Å². The van der Waals surface area contributed by atoms with Crippen molar-refractivity contribution in [2.24, 2.45) is 0 Å². The molecule has 1 unspecified atom stereocenters. The van der Waals surface area contributed by atoms with Crippen molar-refractivity contribution in [1.29, 1.82) is 0 Å². The first-order valence-electron chi connectivity index (χ1n) is 19.6. The molecule has 0 heterocycles. The molecule has 5 heteroatoms. The van der Waals surface area contributed by atoms with E-state index in [0.717, 1.165) is 38.6 Å². The lowest BCUT2D eigenvalue weighted by Crippen LogP contribution is -2.41. The van der Waals surface area contributed by atoms with Gasteiger partial charge in [0.25, 0.3) is 0 Å². The third kappa shape index (κ3) is 29.8. The molecule has 0 aliphatic rings. The number of amides is 1. The molecular formula is C39H78N2O3. The highest BCUT2D eigenvalue weighted by Crippen LogP contribution is 2.15. The zero-order valence-corrected chi connectivity index (χ0v) is 30.4. The number of rotatable bonds is 35. The van der Waals surface area contributed by atoms with E-state index in [1.807, 2.05) is 14.1 Å². The highest BCUT2D eigenvalue weighted by molar-refractivity contribution is 5.84. The van der Waals surface area contributed by atoms with Crippen molar-refractivity contribution in [2.45, 2.75) is 206 Å². The van der Waals surface area contributed by atoms with Crippen LogP contribution >= 0.6 is 0 Å². The van der Waals surface area contributed by atoms with Crippen LogP contribution in [0.3, 0.4) is 0 Å². The molecule has 5 nitrogen and oxygen atoms in total. The first-order valence-corrected chi connectivity index (χ1v) is 19.6. The number of aliphatic hydroxyl groups excluding tert-OH is 1. The Kier molecular flexibility index (Phi) is 32.7. The minimum Gasteiger partial charge on any atom is -0.383 e. The largest absolute Gasteiger partial charge is 0.383 e. The molecule has 0 aromatic rings. The van der Waals surface area contributed by atoms with Crippen LogP contribution in [0.5, 0.6) is 0 Å². The van der Waals surface area contributed by atoms with Crippen LogP contribution in [0.15, 0.2) is 0 Å². The standard InChI is InChI=1S/C39H78N2O3/c1-5-7-9-11-13-15-17-19-21-23-25-27-29-32-37(42)38(43)36-41(35-31-34-40(3)4)39(44)33-30-28-26-24-22-20-18-16-14-12-10-8-6-2/h38,43H,5-36H2,1-4H3. The van der Waals surface area contributed by atoms with E-state index >= 15 is 0 Å². The normalized spacial score (nSPS) is 12.2. The molecule has 262 valence electrons. The minimum absolute atomic E-state index is 0.0969. The molecule has 0 fully saturated rings. The highest BCUT2D eigenvalue weighted by atomic mass is 16.3. The number of Topliss-reactive ketones (excluding diaryl/α,β-unsaturated/α-hetero) is 1. The lowest BCUT2D eigenvalue weighted by molar-refractivity contribution is -0.136. The van der Waals surface area contributed by atoms with Gasteiger partial charge in [-0.3, -0.25) is 9.59 Å². The molecule has 0 radical (unpaired) electrons. The Morgan fingerprint density at radius 1 is 0.477 bits per heavy atom. The van der Waals surface area contributed by atoms with Crippen LogP contribution in [0, 0.1) is 0 Å². The zero-order valence-electron chi connectivity index (χ0n) is 30.4. The summed E-state index contributed by atoms with van der Waals surface area (Å²) in [4.78, 5) is 29.6. The fourth-order valence-electron chi connectivity index (χ4n) is 6.14. The molecule has 44 heavy (non-hydrogen) atoms. The first-order chi connectivity index (χ1) is 21.4. The summed E-state index contributed by atoms with van der Waals surface area (Å²) in [5.41, 5.74) is 0. The maximum atomic E-state index is 13.1. The van der Waals surface area contributed by atoms with Crippen LogP contribution in [-0.4, -0.2) is 66.4 Å². The van der Waals surface area contributed by atoms with Gasteiger partial charge in [0.2, 0.25) is 5.91 Å². The number of ketones is 1. The molecule has 0 saturated heterocycles. The number of aliphatic hydroxyl groups is 1.